The average Bonchev–Trinajstić information content (AvgIpc) is 3.10. The van der Waals surface area contributed by atoms with E-state index in [1.165, 1.54) is 0 Å². The molecule has 1 aromatic carbocycles. The third-order valence-corrected chi connectivity index (χ3v) is 5.52. The quantitative estimate of drug-likeness (QED) is 0.188. The van der Waals surface area contributed by atoms with E-state index in [9.17, 15) is 19.2 Å². The first-order valence-corrected chi connectivity index (χ1v) is 12.0. The van der Waals surface area contributed by atoms with E-state index in [4.69, 9.17) is 30.5 Å². The average molecular weight is 512 g/mol. The molecule has 35 heavy (non-hydrogen) atoms. The molecule has 1 fully saturated rings. The molecule has 1 atom stereocenters. The van der Waals surface area contributed by atoms with Crippen LogP contribution in [0.3, 0.4) is 0 Å². The maximum absolute atomic E-state index is 13.0. The van der Waals surface area contributed by atoms with E-state index < -0.39 is 29.7 Å². The molecule has 1 unspecified atom stereocenters. The minimum atomic E-state index is -0.995. The molecule has 0 spiro atoms. The predicted molar refractivity (Wildman–Crippen MR) is 126 cm³/mol. The maximum atomic E-state index is 13.0. The van der Waals surface area contributed by atoms with Gasteiger partial charge in [0.15, 0.2) is 0 Å². The fraction of sp³-hybridized carbons (Fsp3) is 0.565. The first-order chi connectivity index (χ1) is 17.0. The van der Waals surface area contributed by atoms with Crippen molar-refractivity contribution >= 4 is 40.9 Å². The molecule has 1 saturated heterocycles. The van der Waals surface area contributed by atoms with Crippen LogP contribution in [-0.4, -0.2) is 99.9 Å². The van der Waals surface area contributed by atoms with Gasteiger partial charge in [0.25, 0.3) is 11.8 Å². The standard InChI is InChI=1S/C23H30ClN3O8/c24-6-8-32-10-12-34-14-15-35-13-11-33-9-7-25-17-3-1-2-16-20(17)23(31)27(22(16)30)18-4-5-19(28)26-21(18)29/h1-3,18,25H,4-15H2,(H,26,28,29). The minimum Gasteiger partial charge on any atom is -0.382 e. The van der Waals surface area contributed by atoms with E-state index in [1.807, 2.05) is 0 Å². The third-order valence-electron chi connectivity index (χ3n) is 5.37. The van der Waals surface area contributed by atoms with Gasteiger partial charge in [0.2, 0.25) is 11.8 Å². The Labute approximate surface area is 208 Å². The molecule has 0 saturated carbocycles. The summed E-state index contributed by atoms with van der Waals surface area (Å²) in [7, 11) is 0. The van der Waals surface area contributed by atoms with Crippen LogP contribution in [0.5, 0.6) is 0 Å². The number of nitrogens with one attached hydrogen (secondary N) is 2. The number of halogens is 1. The van der Waals surface area contributed by atoms with Crippen molar-refractivity contribution in [2.75, 3.05) is 70.6 Å². The van der Waals surface area contributed by atoms with Crippen molar-refractivity contribution < 1.29 is 38.1 Å². The molecule has 0 radical (unpaired) electrons. The topological polar surface area (TPSA) is 132 Å². The normalized spacial score (nSPS) is 17.6. The second-order valence-corrected chi connectivity index (χ2v) is 8.12. The summed E-state index contributed by atoms with van der Waals surface area (Å²) >= 11 is 5.50. The zero-order valence-corrected chi connectivity index (χ0v) is 20.1. The summed E-state index contributed by atoms with van der Waals surface area (Å²) in [5.41, 5.74) is 0.938. The minimum absolute atomic E-state index is 0.0764. The van der Waals surface area contributed by atoms with Gasteiger partial charge in [0.05, 0.1) is 64.0 Å². The van der Waals surface area contributed by atoms with Gasteiger partial charge in [-0.15, -0.1) is 11.6 Å². The molecule has 1 aromatic rings. The number of amides is 4. The number of imide groups is 2. The van der Waals surface area contributed by atoms with Gasteiger partial charge in [-0.3, -0.25) is 29.4 Å². The van der Waals surface area contributed by atoms with Crippen molar-refractivity contribution in [1.29, 1.82) is 0 Å². The van der Waals surface area contributed by atoms with E-state index in [0.29, 0.717) is 71.0 Å². The molecular weight excluding hydrogens is 482 g/mol. The molecule has 0 aliphatic carbocycles. The molecule has 0 aromatic heterocycles. The summed E-state index contributed by atoms with van der Waals surface area (Å²) in [5, 5.41) is 5.31. The van der Waals surface area contributed by atoms with Crippen LogP contribution in [0.4, 0.5) is 5.69 Å². The number of hydrogen-bond acceptors (Lipinski definition) is 9. The van der Waals surface area contributed by atoms with E-state index in [-0.39, 0.29) is 24.0 Å². The fourth-order valence-corrected chi connectivity index (χ4v) is 3.85. The van der Waals surface area contributed by atoms with Gasteiger partial charge in [-0.05, 0) is 18.6 Å². The molecule has 4 amide bonds. The number of fused-ring (bicyclic) bond motifs is 1. The number of rotatable bonds is 16. The Morgan fingerprint density at radius 3 is 2.14 bits per heavy atom. The summed E-state index contributed by atoms with van der Waals surface area (Å²) in [6, 6.07) is 3.92. The SMILES string of the molecule is O=C1CCC(N2C(=O)c3cccc(NCCOCCOCCOCCOCCCl)c3C2=O)C(=O)N1. The van der Waals surface area contributed by atoms with Crippen LogP contribution in [0.2, 0.25) is 0 Å². The van der Waals surface area contributed by atoms with E-state index in [1.54, 1.807) is 18.2 Å². The Hall–Kier alpha value is -2.57. The van der Waals surface area contributed by atoms with Gasteiger partial charge in [-0.2, -0.15) is 0 Å². The predicted octanol–water partition coefficient (Wildman–Crippen LogP) is 0.805. The Morgan fingerprint density at radius 2 is 1.51 bits per heavy atom. The number of ether oxygens (including phenoxy) is 4. The van der Waals surface area contributed by atoms with Crippen LogP contribution in [0, 0.1) is 0 Å². The highest BCUT2D eigenvalue weighted by Gasteiger charge is 2.45. The van der Waals surface area contributed by atoms with E-state index in [0.717, 1.165) is 4.90 Å². The number of carbonyl (C=O) groups is 4. The largest absolute Gasteiger partial charge is 0.382 e. The molecule has 2 aliphatic rings. The number of carbonyl (C=O) groups excluding carboxylic acids is 4. The maximum Gasteiger partial charge on any atom is 0.264 e. The van der Waals surface area contributed by atoms with Gasteiger partial charge in [-0.1, -0.05) is 6.07 Å². The number of piperidine rings is 1. The molecule has 3 rings (SSSR count). The molecular formula is C23H30ClN3O8. The molecule has 12 heteroatoms. The van der Waals surface area contributed by atoms with Gasteiger partial charge in [0, 0.05) is 24.5 Å². The molecule has 2 N–H and O–H groups in total. The number of anilines is 1. The van der Waals surface area contributed by atoms with Crippen molar-refractivity contribution in [2.24, 2.45) is 0 Å². The highest BCUT2D eigenvalue weighted by atomic mass is 35.5. The lowest BCUT2D eigenvalue weighted by molar-refractivity contribution is -0.136. The zero-order chi connectivity index (χ0) is 25.0. The summed E-state index contributed by atoms with van der Waals surface area (Å²) in [4.78, 5) is 50.4. The number of hydrogen-bond donors (Lipinski definition) is 2. The summed E-state index contributed by atoms with van der Waals surface area (Å²) in [6.45, 7) is 4.00. The second-order valence-electron chi connectivity index (χ2n) is 7.74. The van der Waals surface area contributed by atoms with E-state index >= 15 is 0 Å². The van der Waals surface area contributed by atoms with Gasteiger partial charge >= 0.3 is 0 Å². The Balaban J connectivity index is 1.35. The Bertz CT molecular complexity index is 913. The highest BCUT2D eigenvalue weighted by molar-refractivity contribution is 6.25. The van der Waals surface area contributed by atoms with Gasteiger partial charge in [0.1, 0.15) is 6.04 Å². The van der Waals surface area contributed by atoms with Crippen LogP contribution < -0.4 is 10.6 Å². The Kier molecular flexibility index (Phi) is 10.9. The van der Waals surface area contributed by atoms with Crippen molar-refractivity contribution in [1.82, 2.24) is 10.2 Å². The molecule has 11 nitrogen and oxygen atoms in total. The summed E-state index contributed by atoms with van der Waals surface area (Å²) in [6.07, 6.45) is 0.191. The molecule has 2 aliphatic heterocycles. The molecule has 2 heterocycles. The third kappa shape index (κ3) is 7.45. The first-order valence-electron chi connectivity index (χ1n) is 11.5. The monoisotopic (exact) mass is 511 g/mol. The highest BCUT2D eigenvalue weighted by Crippen LogP contribution is 2.32. The van der Waals surface area contributed by atoms with Crippen molar-refractivity contribution in [3.63, 3.8) is 0 Å². The number of nitrogens with zero attached hydrogens (tertiary/aromatic N) is 1. The van der Waals surface area contributed by atoms with Crippen LogP contribution in [0.25, 0.3) is 0 Å². The molecule has 192 valence electrons. The van der Waals surface area contributed by atoms with Crippen LogP contribution in [0.1, 0.15) is 33.6 Å². The zero-order valence-electron chi connectivity index (χ0n) is 19.4. The lowest BCUT2D eigenvalue weighted by atomic mass is 10.0. The van der Waals surface area contributed by atoms with Gasteiger partial charge < -0.3 is 24.3 Å². The first kappa shape index (κ1) is 27.0. The Morgan fingerprint density at radius 1 is 0.886 bits per heavy atom. The number of alkyl halides is 1. The van der Waals surface area contributed by atoms with Crippen molar-refractivity contribution in [3.05, 3.63) is 29.3 Å². The lowest BCUT2D eigenvalue weighted by Gasteiger charge is -2.27. The van der Waals surface area contributed by atoms with Crippen LogP contribution in [0.15, 0.2) is 18.2 Å². The lowest BCUT2D eigenvalue weighted by Crippen LogP contribution is -2.54. The summed E-state index contributed by atoms with van der Waals surface area (Å²) < 4.78 is 21.5. The fourth-order valence-electron chi connectivity index (χ4n) is 3.74. The second kappa shape index (κ2) is 14.1. The van der Waals surface area contributed by atoms with Crippen LogP contribution >= 0.6 is 11.6 Å². The smallest absolute Gasteiger partial charge is 0.264 e. The van der Waals surface area contributed by atoms with E-state index in [2.05, 4.69) is 10.6 Å². The molecule has 0 bridgehead atoms. The summed E-state index contributed by atoms with van der Waals surface area (Å²) in [5.74, 6) is -1.67. The van der Waals surface area contributed by atoms with Crippen molar-refractivity contribution in [2.45, 2.75) is 18.9 Å². The van der Waals surface area contributed by atoms with Crippen molar-refractivity contribution in [3.8, 4) is 0 Å². The van der Waals surface area contributed by atoms with Crippen LogP contribution in [-0.2, 0) is 28.5 Å². The number of benzene rings is 1. The van der Waals surface area contributed by atoms with Gasteiger partial charge in [-0.25, -0.2) is 0 Å².